The molecular formula is C25H33FN4O4. The van der Waals surface area contributed by atoms with Gasteiger partial charge in [-0.2, -0.15) is 5.10 Å². The van der Waals surface area contributed by atoms with E-state index in [1.54, 1.807) is 18.3 Å². The molecule has 2 fully saturated rings. The predicted octanol–water partition coefficient (Wildman–Crippen LogP) is 2.66. The van der Waals surface area contributed by atoms with Gasteiger partial charge in [0.2, 0.25) is 11.8 Å². The van der Waals surface area contributed by atoms with E-state index < -0.39 is 5.41 Å². The maximum Gasteiger partial charge on any atom is 0.224 e. The van der Waals surface area contributed by atoms with Crippen LogP contribution in [0.1, 0.15) is 31.4 Å². The van der Waals surface area contributed by atoms with Gasteiger partial charge in [0.15, 0.2) is 0 Å². The second-order valence-corrected chi connectivity index (χ2v) is 9.28. The Hall–Kier alpha value is -2.94. The number of benzene rings is 1. The summed E-state index contributed by atoms with van der Waals surface area (Å²) < 4.78 is 26.6. The summed E-state index contributed by atoms with van der Waals surface area (Å²) >= 11 is 0. The van der Waals surface area contributed by atoms with Gasteiger partial charge in [0.05, 0.1) is 19.8 Å². The number of aryl methyl sites for hydroxylation is 2. The van der Waals surface area contributed by atoms with Gasteiger partial charge in [-0.25, -0.2) is 4.39 Å². The number of rotatable bonds is 8. The van der Waals surface area contributed by atoms with E-state index in [1.165, 1.54) is 12.1 Å². The summed E-state index contributed by atoms with van der Waals surface area (Å²) in [5, 5.41) is 4.26. The van der Waals surface area contributed by atoms with Crippen molar-refractivity contribution in [2.45, 2.75) is 39.2 Å². The second-order valence-electron chi connectivity index (χ2n) is 9.28. The van der Waals surface area contributed by atoms with Crippen LogP contribution < -0.4 is 4.74 Å². The van der Waals surface area contributed by atoms with Gasteiger partial charge < -0.3 is 19.3 Å². The van der Waals surface area contributed by atoms with Crippen LogP contribution in [0.15, 0.2) is 36.5 Å². The first-order chi connectivity index (χ1) is 16.4. The van der Waals surface area contributed by atoms with Crippen LogP contribution in [-0.4, -0.2) is 77.4 Å². The smallest absolute Gasteiger partial charge is 0.224 e. The van der Waals surface area contributed by atoms with Crippen molar-refractivity contribution in [3.05, 3.63) is 48.0 Å². The molecule has 2 aliphatic heterocycles. The zero-order chi connectivity index (χ0) is 24.0. The van der Waals surface area contributed by atoms with Crippen molar-refractivity contribution < 1.29 is 23.5 Å². The second kappa shape index (κ2) is 11.0. The van der Waals surface area contributed by atoms with Crippen LogP contribution in [0.4, 0.5) is 4.39 Å². The molecule has 184 valence electrons. The van der Waals surface area contributed by atoms with Gasteiger partial charge in [-0.1, -0.05) is 0 Å². The van der Waals surface area contributed by atoms with Crippen molar-refractivity contribution in [1.29, 1.82) is 0 Å². The Morgan fingerprint density at radius 2 is 1.85 bits per heavy atom. The molecular weight excluding hydrogens is 439 g/mol. The number of likely N-dealkylation sites (tertiary alicyclic amines) is 1. The van der Waals surface area contributed by atoms with Crippen LogP contribution in [0.5, 0.6) is 5.75 Å². The number of ether oxygens (including phenoxy) is 2. The molecule has 9 heteroatoms. The lowest BCUT2D eigenvalue weighted by molar-refractivity contribution is -0.144. The molecule has 2 aromatic rings. The normalized spacial score (nSPS) is 20.9. The Balaban J connectivity index is 1.44. The number of carbonyl (C=O) groups is 2. The number of hydrogen-bond donors (Lipinski definition) is 0. The Labute approximate surface area is 199 Å². The molecule has 1 aromatic carbocycles. The number of piperidine rings is 1. The molecule has 3 heterocycles. The van der Waals surface area contributed by atoms with Crippen molar-refractivity contribution >= 4 is 11.8 Å². The van der Waals surface area contributed by atoms with E-state index in [2.05, 4.69) is 5.10 Å². The number of amides is 2. The quantitative estimate of drug-likeness (QED) is 0.591. The van der Waals surface area contributed by atoms with Crippen LogP contribution in [0.2, 0.25) is 0 Å². The molecule has 8 nitrogen and oxygen atoms in total. The van der Waals surface area contributed by atoms with Crippen molar-refractivity contribution in [2.24, 2.45) is 5.41 Å². The number of hydrogen-bond acceptors (Lipinski definition) is 5. The SMILES string of the molecule is Cc1ccnn1CCC(=O)N1CCCC(COc2ccc(F)cc2)(CC(=O)N2CCOCC2)C1. The van der Waals surface area contributed by atoms with E-state index in [4.69, 9.17) is 9.47 Å². The molecule has 2 amide bonds. The van der Waals surface area contributed by atoms with Crippen molar-refractivity contribution in [3.8, 4) is 5.75 Å². The predicted molar refractivity (Wildman–Crippen MR) is 124 cm³/mol. The Morgan fingerprint density at radius 3 is 2.56 bits per heavy atom. The molecule has 34 heavy (non-hydrogen) atoms. The molecule has 0 saturated carbocycles. The minimum Gasteiger partial charge on any atom is -0.493 e. The maximum absolute atomic E-state index is 13.3. The summed E-state index contributed by atoms with van der Waals surface area (Å²) in [5.74, 6) is 0.343. The first-order valence-corrected chi connectivity index (χ1v) is 11.9. The summed E-state index contributed by atoms with van der Waals surface area (Å²) in [4.78, 5) is 30.0. The average molecular weight is 473 g/mol. The van der Waals surface area contributed by atoms with Gasteiger partial charge in [0, 0.05) is 62.9 Å². The van der Waals surface area contributed by atoms with Crippen LogP contribution >= 0.6 is 0 Å². The van der Waals surface area contributed by atoms with Crippen LogP contribution in [0.3, 0.4) is 0 Å². The molecule has 0 radical (unpaired) electrons. The monoisotopic (exact) mass is 472 g/mol. The third-order valence-corrected chi connectivity index (χ3v) is 6.73. The number of carbonyl (C=O) groups excluding carboxylic acids is 2. The van der Waals surface area contributed by atoms with E-state index in [9.17, 15) is 14.0 Å². The summed E-state index contributed by atoms with van der Waals surface area (Å²) in [7, 11) is 0. The summed E-state index contributed by atoms with van der Waals surface area (Å²) in [5.41, 5.74) is 0.517. The fourth-order valence-corrected chi connectivity index (χ4v) is 4.74. The van der Waals surface area contributed by atoms with Gasteiger partial charge in [0.1, 0.15) is 11.6 Å². The van der Waals surface area contributed by atoms with E-state index >= 15 is 0 Å². The highest BCUT2D eigenvalue weighted by Crippen LogP contribution is 2.35. The maximum atomic E-state index is 13.3. The van der Waals surface area contributed by atoms with Gasteiger partial charge >= 0.3 is 0 Å². The number of morpholine rings is 1. The third-order valence-electron chi connectivity index (χ3n) is 6.73. The first-order valence-electron chi connectivity index (χ1n) is 11.9. The molecule has 0 bridgehead atoms. The lowest BCUT2D eigenvalue weighted by Crippen LogP contribution is -2.52. The third kappa shape index (κ3) is 6.14. The first kappa shape index (κ1) is 24.2. The van der Waals surface area contributed by atoms with Crippen LogP contribution in [0.25, 0.3) is 0 Å². The molecule has 1 atom stereocenters. The zero-order valence-electron chi connectivity index (χ0n) is 19.7. The lowest BCUT2D eigenvalue weighted by atomic mass is 9.77. The highest BCUT2D eigenvalue weighted by atomic mass is 19.1. The Morgan fingerprint density at radius 1 is 1.09 bits per heavy atom. The zero-order valence-corrected chi connectivity index (χ0v) is 19.7. The van der Waals surface area contributed by atoms with E-state index in [1.807, 2.05) is 27.5 Å². The minimum absolute atomic E-state index is 0.0552. The minimum atomic E-state index is -0.501. The summed E-state index contributed by atoms with van der Waals surface area (Å²) in [6, 6.07) is 7.81. The highest BCUT2D eigenvalue weighted by Gasteiger charge is 2.41. The molecule has 1 unspecified atom stereocenters. The topological polar surface area (TPSA) is 76.9 Å². The van der Waals surface area contributed by atoms with E-state index in [-0.39, 0.29) is 24.2 Å². The summed E-state index contributed by atoms with van der Waals surface area (Å²) in [6.45, 7) is 6.16. The number of halogens is 1. The Bertz CT molecular complexity index is 974. The molecule has 2 aliphatic rings. The molecule has 0 aliphatic carbocycles. The molecule has 2 saturated heterocycles. The molecule has 0 spiro atoms. The van der Waals surface area contributed by atoms with Gasteiger partial charge in [0.25, 0.3) is 0 Å². The van der Waals surface area contributed by atoms with Crippen molar-refractivity contribution in [1.82, 2.24) is 19.6 Å². The average Bonchev–Trinajstić information content (AvgIpc) is 3.27. The van der Waals surface area contributed by atoms with Crippen molar-refractivity contribution in [3.63, 3.8) is 0 Å². The van der Waals surface area contributed by atoms with Crippen LogP contribution in [-0.2, 0) is 20.9 Å². The van der Waals surface area contributed by atoms with Gasteiger partial charge in [-0.05, 0) is 50.1 Å². The van der Waals surface area contributed by atoms with Crippen LogP contribution in [0, 0.1) is 18.2 Å². The fourth-order valence-electron chi connectivity index (χ4n) is 4.74. The van der Waals surface area contributed by atoms with E-state index in [0.29, 0.717) is 64.5 Å². The van der Waals surface area contributed by atoms with Gasteiger partial charge in [-0.15, -0.1) is 0 Å². The van der Waals surface area contributed by atoms with Gasteiger partial charge in [-0.3, -0.25) is 14.3 Å². The largest absolute Gasteiger partial charge is 0.493 e. The standard InChI is InChI=1S/C25H33FN4O4/c1-20-7-10-27-30(20)12-8-23(31)29-11-2-9-25(18-29,17-24(32)28-13-15-33-16-14-28)19-34-22-5-3-21(26)4-6-22/h3-7,10H,2,8-9,11-19H2,1H3. The van der Waals surface area contributed by atoms with E-state index in [0.717, 1.165) is 18.5 Å². The molecule has 4 rings (SSSR count). The number of nitrogens with zero attached hydrogens (tertiary/aromatic N) is 4. The molecule has 1 aromatic heterocycles. The Kier molecular flexibility index (Phi) is 7.82. The number of aromatic nitrogens is 2. The van der Waals surface area contributed by atoms with Crippen molar-refractivity contribution in [2.75, 3.05) is 46.0 Å². The summed E-state index contributed by atoms with van der Waals surface area (Å²) in [6.07, 6.45) is 3.98. The lowest BCUT2D eigenvalue weighted by Gasteiger charge is -2.43. The highest BCUT2D eigenvalue weighted by molar-refractivity contribution is 5.78. The fraction of sp³-hybridized carbons (Fsp3) is 0.560. The molecule has 0 N–H and O–H groups in total.